The number of phenolic OH excluding ortho intramolecular Hbond substituents is 1. The van der Waals surface area contributed by atoms with E-state index >= 15 is 0 Å². The minimum Gasteiger partial charge on any atom is -0.506 e. The first-order chi connectivity index (χ1) is 15.7. The van der Waals surface area contributed by atoms with E-state index in [0.29, 0.717) is 11.6 Å². The van der Waals surface area contributed by atoms with Crippen LogP contribution in [0.25, 0.3) is 38.5 Å². The zero-order valence-corrected chi connectivity index (χ0v) is 17.2. The van der Waals surface area contributed by atoms with Crippen molar-refractivity contribution in [3.05, 3.63) is 97.2 Å². The number of hydrogen-bond donors (Lipinski definition) is 1. The molecule has 5 heteroatoms. The smallest absolute Gasteiger partial charge is 0.141 e. The molecule has 0 bridgehead atoms. The molecule has 0 fully saturated rings. The first kappa shape index (κ1) is 16.9. The number of nitrogens with zero attached hydrogens (tertiary/aromatic N) is 3. The summed E-state index contributed by atoms with van der Waals surface area (Å²) in [5.41, 5.74) is 2.68. The molecule has 0 radical (unpaired) electrons. The van der Waals surface area contributed by atoms with Crippen molar-refractivity contribution in [2.75, 3.05) is 0 Å². The second-order valence-corrected chi connectivity index (χ2v) is 8.34. The quantitative estimate of drug-likeness (QED) is 0.351. The van der Waals surface area contributed by atoms with Gasteiger partial charge in [-0.2, -0.15) is 0 Å². The van der Waals surface area contributed by atoms with Crippen LogP contribution in [0.15, 0.2) is 107 Å². The van der Waals surface area contributed by atoms with Gasteiger partial charge in [0.25, 0.3) is 0 Å². The predicted octanol–water partition coefficient (Wildman–Crippen LogP) is 6.58. The average Bonchev–Trinajstić information content (AvgIpc) is 3.13. The van der Waals surface area contributed by atoms with Crippen LogP contribution in [0.4, 0.5) is 0 Å². The molecule has 3 heterocycles. The maximum atomic E-state index is 10.2. The fourth-order valence-electron chi connectivity index (χ4n) is 3.99. The molecule has 0 saturated carbocycles. The molecule has 0 atom stereocenters. The maximum absolute atomic E-state index is 10.2. The molecule has 31 heavy (non-hydrogen) atoms. The number of pyridine rings is 2. The van der Waals surface area contributed by atoms with Gasteiger partial charge in [-0.3, -0.25) is 4.57 Å². The molecule has 6 rings (SSSR count). The van der Waals surface area contributed by atoms with Gasteiger partial charge in [-0.05, 0) is 48.5 Å². The fourth-order valence-corrected chi connectivity index (χ4v) is 4.81. The molecule has 0 spiro atoms. The van der Waals surface area contributed by atoms with Gasteiger partial charge in [0.2, 0.25) is 0 Å². The van der Waals surface area contributed by atoms with Gasteiger partial charge in [0, 0.05) is 27.3 Å². The normalized spacial score (nSPS) is 11.9. The Labute approximate surface area is 184 Å². The minimum atomic E-state index is 0.182. The summed E-state index contributed by atoms with van der Waals surface area (Å²) in [7, 11) is 0. The summed E-state index contributed by atoms with van der Waals surface area (Å²) in [5.74, 6) is 0.904. The Morgan fingerprint density at radius 2 is 1.74 bits per heavy atom. The Morgan fingerprint density at radius 1 is 0.839 bits per heavy atom. The van der Waals surface area contributed by atoms with Gasteiger partial charge in [-0.25, -0.2) is 9.97 Å². The van der Waals surface area contributed by atoms with Crippen molar-refractivity contribution in [1.82, 2.24) is 14.5 Å². The van der Waals surface area contributed by atoms with E-state index in [9.17, 15) is 5.11 Å². The largest absolute Gasteiger partial charge is 0.506 e. The summed E-state index contributed by atoms with van der Waals surface area (Å²) in [6.07, 6.45) is 1.67. The Morgan fingerprint density at radius 3 is 2.68 bits per heavy atom. The van der Waals surface area contributed by atoms with Gasteiger partial charge in [-0.15, -0.1) is 0 Å². The van der Waals surface area contributed by atoms with E-state index in [2.05, 4.69) is 44.9 Å². The highest BCUT2D eigenvalue weighted by atomic mass is 32.2. The molecular weight excluding hydrogens is 402 g/mol. The monoisotopic (exact) mass is 420 g/mol. The highest BCUT2D eigenvalue weighted by Gasteiger charge is 2.14. The number of hydrogen-bond acceptors (Lipinski definition) is 4. The number of benzene rings is 3. The van der Waals surface area contributed by atoms with Gasteiger partial charge >= 0.3 is 0 Å². The van der Waals surface area contributed by atoms with E-state index in [1.165, 1.54) is 0 Å². The third-order valence-electron chi connectivity index (χ3n) is 5.36. The molecule has 0 aliphatic heterocycles. The van der Waals surface area contributed by atoms with Gasteiger partial charge in [-0.1, -0.05) is 54.2 Å². The van der Waals surface area contributed by atoms with Crippen molar-refractivity contribution in [2.24, 2.45) is 0 Å². The third kappa shape index (κ3) is 3.02. The van der Waals surface area contributed by atoms with E-state index in [0.717, 1.165) is 42.9 Å². The van der Waals surface area contributed by atoms with Crippen LogP contribution in [0, 0.1) is 0 Å². The van der Waals surface area contributed by atoms with Crippen LogP contribution < -0.4 is 0 Å². The van der Waals surface area contributed by atoms with Crippen molar-refractivity contribution in [1.29, 1.82) is 0 Å². The molecular formula is C26H17N3OS. The molecule has 0 aliphatic carbocycles. The molecule has 0 amide bonds. The van der Waals surface area contributed by atoms with Crippen molar-refractivity contribution in [3.8, 4) is 11.6 Å². The number of aromatic hydroxyl groups is 1. The lowest BCUT2D eigenvalue weighted by atomic mass is 10.2. The fraction of sp³-hybridized carbons (Fsp3) is 0. The van der Waals surface area contributed by atoms with Crippen LogP contribution in [-0.2, 0) is 0 Å². The average molecular weight is 421 g/mol. The second-order valence-electron chi connectivity index (χ2n) is 7.25. The van der Waals surface area contributed by atoms with E-state index < -0.39 is 0 Å². The summed E-state index contributed by atoms with van der Waals surface area (Å²) in [6.45, 7) is 0. The molecule has 0 saturated heterocycles. The van der Waals surface area contributed by atoms with E-state index in [1.807, 2.05) is 36.4 Å². The van der Waals surface area contributed by atoms with Crippen molar-refractivity contribution in [3.63, 3.8) is 0 Å². The SMILES string of the molecule is [2H]c1ccnc(-n2c3ccccc3c3ccc(Sc4ccc5cccc(O)c5n4)cc32)c1. The summed E-state index contributed by atoms with van der Waals surface area (Å²) >= 11 is 1.55. The van der Waals surface area contributed by atoms with Crippen LogP contribution in [0.2, 0.25) is 0 Å². The molecule has 4 nitrogen and oxygen atoms in total. The standard InChI is InChI=1S/C26H17N3OS/c30-23-9-5-6-17-11-14-25(28-26(17)23)31-18-12-13-20-19-7-1-2-8-21(19)29(22(20)16-18)24-10-3-4-15-27-24/h1-16,30H/i3D. The first-order valence-electron chi connectivity index (χ1n) is 10.4. The molecule has 0 unspecified atom stereocenters. The number of rotatable bonds is 3. The van der Waals surface area contributed by atoms with Crippen molar-refractivity contribution in [2.45, 2.75) is 9.92 Å². The Hall–Kier alpha value is -3.83. The summed E-state index contributed by atoms with van der Waals surface area (Å²) in [4.78, 5) is 10.2. The van der Waals surface area contributed by atoms with Crippen LogP contribution in [-0.4, -0.2) is 19.6 Å². The predicted molar refractivity (Wildman–Crippen MR) is 126 cm³/mol. The topological polar surface area (TPSA) is 50.9 Å². The highest BCUT2D eigenvalue weighted by molar-refractivity contribution is 7.99. The molecule has 6 aromatic rings. The van der Waals surface area contributed by atoms with Crippen LogP contribution in [0.3, 0.4) is 0 Å². The molecule has 3 aromatic carbocycles. The maximum Gasteiger partial charge on any atom is 0.141 e. The van der Waals surface area contributed by atoms with Gasteiger partial charge in [0.15, 0.2) is 0 Å². The number of fused-ring (bicyclic) bond motifs is 4. The number of phenols is 1. The van der Waals surface area contributed by atoms with E-state index in [-0.39, 0.29) is 5.75 Å². The Bertz CT molecular complexity index is 1640. The summed E-state index contributed by atoms with van der Waals surface area (Å²) < 4.78 is 10.1. The molecule has 0 aliphatic rings. The van der Waals surface area contributed by atoms with Crippen molar-refractivity contribution < 1.29 is 6.48 Å². The highest BCUT2D eigenvalue weighted by Crippen LogP contribution is 2.36. The summed E-state index contributed by atoms with van der Waals surface area (Å²) in [6, 6.07) is 27.8. The third-order valence-corrected chi connectivity index (χ3v) is 6.29. The van der Waals surface area contributed by atoms with Gasteiger partial charge in [0.1, 0.15) is 22.1 Å². The first-order valence-corrected chi connectivity index (χ1v) is 10.7. The van der Waals surface area contributed by atoms with Crippen LogP contribution >= 0.6 is 11.8 Å². The van der Waals surface area contributed by atoms with Crippen LogP contribution in [0.1, 0.15) is 1.37 Å². The van der Waals surface area contributed by atoms with Gasteiger partial charge in [0.05, 0.1) is 12.4 Å². The van der Waals surface area contributed by atoms with E-state index in [4.69, 9.17) is 1.37 Å². The molecule has 1 N–H and O–H groups in total. The molecule has 148 valence electrons. The zero-order chi connectivity index (χ0) is 21.7. The summed E-state index contributed by atoms with van der Waals surface area (Å²) in [5, 5.41) is 14.2. The van der Waals surface area contributed by atoms with Crippen molar-refractivity contribution >= 4 is 44.5 Å². The number of aromatic nitrogens is 3. The minimum absolute atomic E-state index is 0.182. The second kappa shape index (κ2) is 7.15. The van der Waals surface area contributed by atoms with E-state index in [1.54, 1.807) is 36.2 Å². The number of para-hydroxylation sites is 2. The molecule has 3 aromatic heterocycles. The van der Waals surface area contributed by atoms with Crippen LogP contribution in [0.5, 0.6) is 5.75 Å². The Kier molecular flexibility index (Phi) is 3.90. The lowest BCUT2D eigenvalue weighted by molar-refractivity contribution is 0.480. The zero-order valence-electron chi connectivity index (χ0n) is 17.4. The lowest BCUT2D eigenvalue weighted by Gasteiger charge is -2.08. The Balaban J connectivity index is 1.52. The lowest BCUT2D eigenvalue weighted by Crippen LogP contribution is -1.96. The van der Waals surface area contributed by atoms with Gasteiger partial charge < -0.3 is 5.11 Å².